The van der Waals surface area contributed by atoms with Crippen molar-refractivity contribution in [2.45, 2.75) is 49.3 Å². The number of fused-ring (bicyclic) bond motifs is 2. The van der Waals surface area contributed by atoms with Crippen LogP contribution in [-0.2, 0) is 34.3 Å². The molecule has 4 aromatic rings. The summed E-state index contributed by atoms with van der Waals surface area (Å²) >= 11 is 3.52. The molecule has 10 nitrogen and oxygen atoms in total. The van der Waals surface area contributed by atoms with Crippen LogP contribution in [0.25, 0.3) is 5.65 Å². The van der Waals surface area contributed by atoms with E-state index in [9.17, 15) is 26.4 Å². The summed E-state index contributed by atoms with van der Waals surface area (Å²) in [7, 11) is -3.90. The van der Waals surface area contributed by atoms with Gasteiger partial charge < -0.3 is 10.2 Å². The molecule has 0 aliphatic carbocycles. The molecule has 1 amide bonds. The zero-order valence-corrected chi connectivity index (χ0v) is 25.2. The average molecular weight is 679 g/mol. The van der Waals surface area contributed by atoms with Gasteiger partial charge in [0.25, 0.3) is 0 Å². The zero-order valence-electron chi connectivity index (χ0n) is 22.8. The Kier molecular flexibility index (Phi) is 7.89. The van der Waals surface area contributed by atoms with Crippen LogP contribution in [0.1, 0.15) is 41.1 Å². The number of carbonyl (C=O) groups is 1. The van der Waals surface area contributed by atoms with Crippen LogP contribution in [0.3, 0.4) is 0 Å². The predicted molar refractivity (Wildman–Crippen MR) is 155 cm³/mol. The quantitative estimate of drug-likeness (QED) is 0.320. The maximum absolute atomic E-state index is 13.6. The number of anilines is 1. The summed E-state index contributed by atoms with van der Waals surface area (Å²) in [6, 6.07) is 10.3. The van der Waals surface area contributed by atoms with Crippen molar-refractivity contribution in [3.05, 3.63) is 81.8 Å². The molecule has 0 saturated carbocycles. The Balaban J connectivity index is 1.17. The van der Waals surface area contributed by atoms with Gasteiger partial charge in [0.2, 0.25) is 10.0 Å². The third-order valence-corrected chi connectivity index (χ3v) is 10.3. The van der Waals surface area contributed by atoms with E-state index in [1.165, 1.54) is 16.4 Å². The highest BCUT2D eigenvalue weighted by atomic mass is 79.9. The van der Waals surface area contributed by atoms with E-state index in [-0.39, 0.29) is 43.4 Å². The lowest BCUT2D eigenvalue weighted by atomic mass is 9.94. The first-order valence-corrected chi connectivity index (χ1v) is 15.9. The van der Waals surface area contributed by atoms with Crippen molar-refractivity contribution in [2.24, 2.45) is 0 Å². The van der Waals surface area contributed by atoms with Gasteiger partial charge in [-0.1, -0.05) is 12.1 Å². The van der Waals surface area contributed by atoms with E-state index in [1.54, 1.807) is 29.2 Å². The van der Waals surface area contributed by atoms with E-state index >= 15 is 0 Å². The molecule has 1 N–H and O–H groups in total. The minimum absolute atomic E-state index is 0.00247. The lowest BCUT2D eigenvalue weighted by molar-refractivity contribution is -0.186. The van der Waals surface area contributed by atoms with Crippen molar-refractivity contribution in [3.63, 3.8) is 0 Å². The number of nitrogens with one attached hydrogen (secondary N) is 1. The first-order valence-electron chi connectivity index (χ1n) is 13.7. The van der Waals surface area contributed by atoms with Crippen LogP contribution in [-0.4, -0.2) is 68.9 Å². The minimum atomic E-state index is -4.98. The van der Waals surface area contributed by atoms with Gasteiger partial charge in [-0.2, -0.15) is 27.1 Å². The number of nitrogens with zero attached hydrogens (tertiary/aromatic N) is 6. The lowest BCUT2D eigenvalue weighted by Crippen LogP contribution is -2.43. The number of rotatable bonds is 6. The summed E-state index contributed by atoms with van der Waals surface area (Å²) in [5, 5.41) is 7.82. The summed E-state index contributed by atoms with van der Waals surface area (Å²) in [5.41, 5.74) is 3.62. The molecule has 1 fully saturated rings. The third-order valence-electron chi connectivity index (χ3n) is 7.87. The summed E-state index contributed by atoms with van der Waals surface area (Å²) in [5.74, 6) is -1.17. The van der Waals surface area contributed by atoms with Crippen molar-refractivity contribution in [1.82, 2.24) is 28.8 Å². The van der Waals surface area contributed by atoms with Gasteiger partial charge in [-0.25, -0.2) is 13.4 Å². The maximum atomic E-state index is 13.6. The van der Waals surface area contributed by atoms with E-state index in [1.807, 2.05) is 18.2 Å². The van der Waals surface area contributed by atoms with E-state index in [4.69, 9.17) is 4.98 Å². The van der Waals surface area contributed by atoms with Crippen molar-refractivity contribution >= 4 is 43.3 Å². The molecule has 1 aromatic carbocycles. The molecule has 2 aliphatic rings. The minimum Gasteiger partial charge on any atom is -0.366 e. The zero-order chi connectivity index (χ0) is 30.4. The maximum Gasteiger partial charge on any atom is 0.471 e. The summed E-state index contributed by atoms with van der Waals surface area (Å²) in [4.78, 5) is 21.5. The second-order valence-electron chi connectivity index (χ2n) is 10.6. The van der Waals surface area contributed by atoms with Crippen molar-refractivity contribution < 1.29 is 26.4 Å². The van der Waals surface area contributed by atoms with Crippen LogP contribution >= 0.6 is 15.9 Å². The average Bonchev–Trinajstić information content (AvgIpc) is 3.39. The van der Waals surface area contributed by atoms with Crippen LogP contribution in [0, 0.1) is 0 Å². The molecule has 226 valence electrons. The molecule has 0 spiro atoms. The first kappa shape index (κ1) is 29.5. The van der Waals surface area contributed by atoms with Crippen molar-refractivity contribution in [1.29, 1.82) is 0 Å². The number of carbonyl (C=O) groups excluding carboxylic acids is 1. The molecular weight excluding hydrogens is 651 g/mol. The Morgan fingerprint density at radius 1 is 1.07 bits per heavy atom. The number of piperidine rings is 1. The Morgan fingerprint density at radius 3 is 2.58 bits per heavy atom. The molecule has 43 heavy (non-hydrogen) atoms. The second-order valence-corrected chi connectivity index (χ2v) is 13.4. The number of halogens is 4. The van der Waals surface area contributed by atoms with E-state index in [0.29, 0.717) is 35.5 Å². The summed E-state index contributed by atoms with van der Waals surface area (Å²) in [6.07, 6.45) is 1.49. The van der Waals surface area contributed by atoms with Gasteiger partial charge in [0.1, 0.15) is 5.82 Å². The Hall–Kier alpha value is -3.56. The molecule has 5 heterocycles. The van der Waals surface area contributed by atoms with Gasteiger partial charge in [-0.15, -0.1) is 0 Å². The number of benzene rings is 1. The molecule has 1 saturated heterocycles. The smallest absolute Gasteiger partial charge is 0.366 e. The van der Waals surface area contributed by atoms with E-state index in [2.05, 4.69) is 31.3 Å². The van der Waals surface area contributed by atoms with Crippen LogP contribution in [0.5, 0.6) is 0 Å². The number of alkyl halides is 3. The molecule has 0 bridgehead atoms. The number of hydrogen-bond donors (Lipinski definition) is 1. The highest BCUT2D eigenvalue weighted by Crippen LogP contribution is 2.34. The van der Waals surface area contributed by atoms with Crippen LogP contribution in [0.4, 0.5) is 19.0 Å². The van der Waals surface area contributed by atoms with Gasteiger partial charge in [0.15, 0.2) is 5.65 Å². The fourth-order valence-corrected chi connectivity index (χ4v) is 7.44. The SMILES string of the molecule is O=C(N1CCc2ccc(S(=O)(=O)N3CCC(c4cc(NCc5cccnc5)n5ncc(Br)c5n4)CC3)cc2C1)C(F)(F)F. The normalized spacial score (nSPS) is 16.8. The lowest BCUT2D eigenvalue weighted by Gasteiger charge is -2.32. The molecular formula is C28H27BrF3N7O3S. The number of hydrogen-bond acceptors (Lipinski definition) is 7. The molecule has 0 atom stereocenters. The fourth-order valence-electron chi connectivity index (χ4n) is 5.57. The highest BCUT2D eigenvalue weighted by molar-refractivity contribution is 9.10. The van der Waals surface area contributed by atoms with E-state index < -0.39 is 22.1 Å². The third kappa shape index (κ3) is 5.97. The van der Waals surface area contributed by atoms with Gasteiger partial charge in [0, 0.05) is 62.8 Å². The highest BCUT2D eigenvalue weighted by Gasteiger charge is 2.43. The Morgan fingerprint density at radius 2 is 1.86 bits per heavy atom. The number of sulfonamides is 1. The number of aromatic nitrogens is 4. The van der Waals surface area contributed by atoms with Gasteiger partial charge in [-0.3, -0.25) is 9.78 Å². The Bertz CT molecular complexity index is 1780. The van der Waals surface area contributed by atoms with Gasteiger partial charge in [-0.05, 0) is 70.1 Å². The fraction of sp³-hybridized carbons (Fsp3) is 0.357. The van der Waals surface area contributed by atoms with E-state index in [0.717, 1.165) is 27.1 Å². The largest absolute Gasteiger partial charge is 0.471 e. The number of pyridine rings is 1. The molecule has 15 heteroatoms. The molecule has 0 unspecified atom stereocenters. The van der Waals surface area contributed by atoms with Gasteiger partial charge in [0.05, 0.1) is 15.6 Å². The topological polar surface area (TPSA) is 113 Å². The first-order chi connectivity index (χ1) is 20.5. The number of amides is 1. The molecule has 2 aliphatic heterocycles. The Labute approximate surface area is 254 Å². The molecule has 6 rings (SSSR count). The van der Waals surface area contributed by atoms with Crippen LogP contribution < -0.4 is 5.32 Å². The monoisotopic (exact) mass is 677 g/mol. The van der Waals surface area contributed by atoms with Crippen molar-refractivity contribution in [2.75, 3.05) is 25.0 Å². The summed E-state index contributed by atoms with van der Waals surface area (Å²) in [6.45, 7) is 0.697. The van der Waals surface area contributed by atoms with Gasteiger partial charge >= 0.3 is 12.1 Å². The molecule has 0 radical (unpaired) electrons. The van der Waals surface area contributed by atoms with Crippen molar-refractivity contribution in [3.8, 4) is 0 Å². The molecule has 3 aromatic heterocycles. The predicted octanol–water partition coefficient (Wildman–Crippen LogP) is 4.51. The second kappa shape index (κ2) is 11.5. The van der Waals surface area contributed by atoms with Crippen LogP contribution in [0.2, 0.25) is 0 Å². The summed E-state index contributed by atoms with van der Waals surface area (Å²) < 4.78 is 69.9. The standard InChI is InChI=1S/C28H27BrF3N7O3S/c29-23-16-35-39-25(34-15-18-2-1-8-33-14-18)13-24(36-26(23)39)20-6-10-38(11-7-20)43(41,42)22-4-3-19-5-9-37(17-21(19)12-22)27(40)28(30,31)32/h1-4,8,12-14,16,20,34H,5-7,9-11,15,17H2. The van der Waals surface area contributed by atoms with Crippen LogP contribution in [0.15, 0.2) is 64.4 Å².